The number of rotatable bonds is 6. The molecule has 0 fully saturated rings. The molecule has 0 aliphatic heterocycles. The van der Waals surface area contributed by atoms with Crippen molar-refractivity contribution in [3.8, 4) is 0 Å². The number of likely N-dealkylation sites (N-methyl/N-ethyl adjacent to an activating group) is 1. The first-order valence-electron chi connectivity index (χ1n) is 9.10. The summed E-state index contributed by atoms with van der Waals surface area (Å²) in [6.07, 6.45) is 0.387. The van der Waals surface area contributed by atoms with Crippen molar-refractivity contribution >= 4 is 11.6 Å². The average Bonchev–Trinajstić information content (AvgIpc) is 2.81. The van der Waals surface area contributed by atoms with E-state index in [0.29, 0.717) is 18.3 Å². The number of hydrogen-bond acceptors (Lipinski definition) is 2. The zero-order valence-corrected chi connectivity index (χ0v) is 16.6. The lowest BCUT2D eigenvalue weighted by Gasteiger charge is -2.19. The summed E-state index contributed by atoms with van der Waals surface area (Å²) >= 11 is 0. The summed E-state index contributed by atoms with van der Waals surface area (Å²) in [5.41, 5.74) is 5.30. The van der Waals surface area contributed by atoms with Gasteiger partial charge in [0.2, 0.25) is 5.91 Å². The molecule has 0 aliphatic carbocycles. The molecule has 0 bridgehead atoms. The third-order valence-electron chi connectivity index (χ3n) is 4.70. The van der Waals surface area contributed by atoms with Crippen LogP contribution in [0.2, 0.25) is 0 Å². The van der Waals surface area contributed by atoms with Gasteiger partial charge in [0.25, 0.3) is 0 Å². The quantitative estimate of drug-likeness (QED) is 0.776. The minimum absolute atomic E-state index is 0.0937. The highest BCUT2D eigenvalue weighted by Crippen LogP contribution is 2.22. The van der Waals surface area contributed by atoms with Crippen molar-refractivity contribution in [2.45, 2.75) is 60.4 Å². The maximum atomic E-state index is 12.8. The number of carbonyl (C=O) groups excluding carboxylic acids is 1. The summed E-state index contributed by atoms with van der Waals surface area (Å²) in [7, 11) is 1.85. The van der Waals surface area contributed by atoms with Crippen LogP contribution in [0.15, 0.2) is 24.3 Å². The predicted octanol–water partition coefficient (Wildman–Crippen LogP) is 4.48. The van der Waals surface area contributed by atoms with E-state index in [0.717, 1.165) is 29.2 Å². The van der Waals surface area contributed by atoms with Gasteiger partial charge in [0.05, 0.1) is 12.1 Å². The number of anilines is 1. The van der Waals surface area contributed by atoms with E-state index in [4.69, 9.17) is 0 Å². The van der Waals surface area contributed by atoms with Crippen LogP contribution < -0.4 is 4.90 Å². The fraction of sp³-hybridized carbons (Fsp3) is 0.524. The van der Waals surface area contributed by atoms with Gasteiger partial charge in [-0.2, -0.15) is 5.10 Å². The van der Waals surface area contributed by atoms with Gasteiger partial charge in [-0.15, -0.1) is 0 Å². The molecular formula is C21H31N3O. The molecule has 1 amide bonds. The fourth-order valence-corrected chi connectivity index (χ4v) is 3.02. The maximum absolute atomic E-state index is 12.8. The Bertz CT molecular complexity index is 744. The molecule has 0 N–H and O–H groups in total. The standard InChI is InChI=1S/C21H31N3O/c1-14(2)13-24-17(6)20(16(5)22-24)12-21(25)23(7)19-10-8-9-18(11-19)15(3)4/h8-11,14-15H,12-13H2,1-7H3. The zero-order valence-electron chi connectivity index (χ0n) is 16.6. The molecule has 0 saturated heterocycles. The van der Waals surface area contributed by atoms with Crippen LogP contribution in [0, 0.1) is 19.8 Å². The molecule has 2 aromatic rings. The van der Waals surface area contributed by atoms with Gasteiger partial charge in [-0.1, -0.05) is 39.8 Å². The summed E-state index contributed by atoms with van der Waals surface area (Å²) in [5, 5.41) is 4.62. The summed E-state index contributed by atoms with van der Waals surface area (Å²) in [6.45, 7) is 13.6. The molecule has 0 spiro atoms. The molecule has 0 atom stereocenters. The van der Waals surface area contributed by atoms with Crippen LogP contribution in [0.3, 0.4) is 0 Å². The lowest BCUT2D eigenvalue weighted by atomic mass is 10.0. The molecule has 1 aromatic heterocycles. The van der Waals surface area contributed by atoms with Crippen LogP contribution in [-0.2, 0) is 17.8 Å². The van der Waals surface area contributed by atoms with E-state index in [-0.39, 0.29) is 5.91 Å². The number of amides is 1. The molecule has 0 saturated carbocycles. The van der Waals surface area contributed by atoms with Gasteiger partial charge < -0.3 is 4.90 Å². The topological polar surface area (TPSA) is 38.1 Å². The van der Waals surface area contributed by atoms with Gasteiger partial charge in [-0.3, -0.25) is 9.48 Å². The van der Waals surface area contributed by atoms with E-state index in [1.807, 2.05) is 30.8 Å². The largest absolute Gasteiger partial charge is 0.315 e. The van der Waals surface area contributed by atoms with Crippen molar-refractivity contribution < 1.29 is 4.79 Å². The molecule has 25 heavy (non-hydrogen) atoms. The smallest absolute Gasteiger partial charge is 0.231 e. The molecule has 0 radical (unpaired) electrons. The number of aryl methyl sites for hydroxylation is 1. The van der Waals surface area contributed by atoms with Crippen LogP contribution in [0.1, 0.15) is 56.1 Å². The van der Waals surface area contributed by atoms with Crippen molar-refractivity contribution in [2.24, 2.45) is 5.92 Å². The number of benzene rings is 1. The number of hydrogen-bond donors (Lipinski definition) is 0. The highest BCUT2D eigenvalue weighted by atomic mass is 16.2. The van der Waals surface area contributed by atoms with E-state index in [2.05, 4.69) is 51.9 Å². The van der Waals surface area contributed by atoms with E-state index in [1.165, 1.54) is 5.56 Å². The second-order valence-corrected chi connectivity index (χ2v) is 7.60. The van der Waals surface area contributed by atoms with E-state index in [9.17, 15) is 4.79 Å². The Balaban J connectivity index is 2.19. The molecule has 4 nitrogen and oxygen atoms in total. The van der Waals surface area contributed by atoms with E-state index >= 15 is 0 Å². The molecule has 2 rings (SSSR count). The van der Waals surface area contributed by atoms with Crippen LogP contribution in [-0.4, -0.2) is 22.7 Å². The van der Waals surface area contributed by atoms with Crippen LogP contribution in [0.4, 0.5) is 5.69 Å². The highest BCUT2D eigenvalue weighted by molar-refractivity contribution is 5.94. The summed E-state index contributed by atoms with van der Waals surface area (Å²) < 4.78 is 2.03. The predicted molar refractivity (Wildman–Crippen MR) is 104 cm³/mol. The Kier molecular flexibility index (Phi) is 6.04. The Morgan fingerprint density at radius 1 is 1.20 bits per heavy atom. The minimum Gasteiger partial charge on any atom is -0.315 e. The van der Waals surface area contributed by atoms with Gasteiger partial charge in [-0.25, -0.2) is 0 Å². The lowest BCUT2D eigenvalue weighted by molar-refractivity contribution is -0.117. The Morgan fingerprint density at radius 2 is 1.88 bits per heavy atom. The highest BCUT2D eigenvalue weighted by Gasteiger charge is 2.19. The van der Waals surface area contributed by atoms with Gasteiger partial charge in [0, 0.05) is 30.5 Å². The first kappa shape index (κ1) is 19.2. The molecule has 1 heterocycles. The van der Waals surface area contributed by atoms with Crippen molar-refractivity contribution in [3.05, 3.63) is 46.8 Å². The number of carbonyl (C=O) groups is 1. The third kappa shape index (κ3) is 4.50. The Labute approximate surface area is 151 Å². The van der Waals surface area contributed by atoms with Gasteiger partial charge in [0.1, 0.15) is 0 Å². The van der Waals surface area contributed by atoms with Crippen LogP contribution in [0.5, 0.6) is 0 Å². The summed E-state index contributed by atoms with van der Waals surface area (Å²) in [5.74, 6) is 1.07. The first-order valence-corrected chi connectivity index (χ1v) is 9.10. The molecular weight excluding hydrogens is 310 g/mol. The Morgan fingerprint density at radius 3 is 2.48 bits per heavy atom. The second-order valence-electron chi connectivity index (χ2n) is 7.60. The number of aromatic nitrogens is 2. The summed E-state index contributed by atoms with van der Waals surface area (Å²) in [4.78, 5) is 14.6. The molecule has 1 aromatic carbocycles. The monoisotopic (exact) mass is 341 g/mol. The van der Waals surface area contributed by atoms with E-state index < -0.39 is 0 Å². The third-order valence-corrected chi connectivity index (χ3v) is 4.70. The van der Waals surface area contributed by atoms with Crippen molar-refractivity contribution in [2.75, 3.05) is 11.9 Å². The molecule has 0 aliphatic rings. The normalized spacial score (nSPS) is 11.4. The average molecular weight is 341 g/mol. The SMILES string of the molecule is Cc1nn(CC(C)C)c(C)c1CC(=O)N(C)c1cccc(C(C)C)c1. The minimum atomic E-state index is 0.0937. The zero-order chi connectivity index (χ0) is 18.7. The van der Waals surface area contributed by atoms with Crippen LogP contribution >= 0.6 is 0 Å². The first-order chi connectivity index (χ1) is 11.7. The molecule has 4 heteroatoms. The Hall–Kier alpha value is -2.10. The van der Waals surface area contributed by atoms with E-state index in [1.54, 1.807) is 4.90 Å². The van der Waals surface area contributed by atoms with Gasteiger partial charge in [-0.05, 0) is 43.4 Å². The van der Waals surface area contributed by atoms with Gasteiger partial charge >= 0.3 is 0 Å². The van der Waals surface area contributed by atoms with Crippen LogP contribution in [0.25, 0.3) is 0 Å². The van der Waals surface area contributed by atoms with Crippen molar-refractivity contribution in [1.82, 2.24) is 9.78 Å². The second kappa shape index (κ2) is 7.85. The molecule has 0 unspecified atom stereocenters. The fourth-order valence-electron chi connectivity index (χ4n) is 3.02. The van der Waals surface area contributed by atoms with Gasteiger partial charge in [0.15, 0.2) is 0 Å². The summed E-state index contributed by atoms with van der Waals surface area (Å²) in [6, 6.07) is 8.22. The maximum Gasteiger partial charge on any atom is 0.231 e. The van der Waals surface area contributed by atoms with Crippen molar-refractivity contribution in [3.63, 3.8) is 0 Å². The van der Waals surface area contributed by atoms with Crippen molar-refractivity contribution in [1.29, 1.82) is 0 Å². The molecule has 136 valence electrons. The number of nitrogens with zero attached hydrogens (tertiary/aromatic N) is 3. The lowest BCUT2D eigenvalue weighted by Crippen LogP contribution is -2.28.